The summed E-state index contributed by atoms with van der Waals surface area (Å²) in [7, 11) is 2.02. The van der Waals surface area contributed by atoms with Gasteiger partial charge in [0.25, 0.3) is 6.47 Å². The highest BCUT2D eigenvalue weighted by Crippen LogP contribution is 2.32. The lowest BCUT2D eigenvalue weighted by Gasteiger charge is -2.23. The number of hydrogen-bond donors (Lipinski definition) is 1. The summed E-state index contributed by atoms with van der Waals surface area (Å²) in [5.74, 6) is 0.0779. The molecule has 120 valence electrons. The van der Waals surface area contributed by atoms with Crippen molar-refractivity contribution in [1.29, 1.82) is 0 Å². The zero-order valence-electron chi connectivity index (χ0n) is 13.2. The Hall–Kier alpha value is -3.27. The van der Waals surface area contributed by atoms with Crippen LogP contribution in [0.3, 0.4) is 0 Å². The summed E-state index contributed by atoms with van der Waals surface area (Å²) in [6.45, 7) is 0.296. The first-order valence-corrected chi connectivity index (χ1v) is 7.51. The van der Waals surface area contributed by atoms with Crippen LogP contribution in [0.1, 0.15) is 11.1 Å². The Bertz CT molecular complexity index is 850. The second kappa shape index (κ2) is 6.87. The maximum Gasteiger partial charge on any atom is 0.298 e. The van der Waals surface area contributed by atoms with Crippen LogP contribution >= 0.6 is 0 Å². The number of aromatic hydroxyl groups is 1. The molecular weight excluding hydrogens is 302 g/mol. The van der Waals surface area contributed by atoms with Gasteiger partial charge in [0, 0.05) is 24.5 Å². The van der Waals surface area contributed by atoms with Crippen LogP contribution in [0.15, 0.2) is 66.9 Å². The highest BCUT2D eigenvalue weighted by atomic mass is 16.5. The largest absolute Gasteiger partial charge is 0.504 e. The van der Waals surface area contributed by atoms with Crippen LogP contribution < -0.4 is 9.64 Å². The van der Waals surface area contributed by atoms with E-state index < -0.39 is 0 Å². The molecule has 0 atom stereocenters. The monoisotopic (exact) mass is 319 g/mol. The highest BCUT2D eigenvalue weighted by Gasteiger charge is 2.11. The van der Waals surface area contributed by atoms with Gasteiger partial charge in [0.05, 0.1) is 0 Å². The maximum absolute atomic E-state index is 10.4. The van der Waals surface area contributed by atoms with E-state index in [1.165, 1.54) is 11.6 Å². The van der Waals surface area contributed by atoms with Crippen molar-refractivity contribution in [2.24, 2.45) is 0 Å². The van der Waals surface area contributed by atoms with Gasteiger partial charge in [-0.1, -0.05) is 42.5 Å². The van der Waals surface area contributed by atoms with Crippen LogP contribution in [0.4, 0.5) is 5.69 Å². The van der Waals surface area contributed by atoms with Crippen molar-refractivity contribution in [3.05, 3.63) is 78.0 Å². The molecule has 0 bridgehead atoms. The SMILES string of the molecule is CN1C=CC(=CC=Cc2ccc(O)c(OC=O)c2)c2ccccc21. The smallest absolute Gasteiger partial charge is 0.298 e. The van der Waals surface area contributed by atoms with E-state index in [1.807, 2.05) is 43.6 Å². The van der Waals surface area contributed by atoms with E-state index in [-0.39, 0.29) is 11.5 Å². The molecule has 1 aliphatic rings. The molecular formula is C20H17NO3. The van der Waals surface area contributed by atoms with Crippen molar-refractivity contribution in [1.82, 2.24) is 0 Å². The highest BCUT2D eigenvalue weighted by molar-refractivity contribution is 5.87. The first kappa shape index (κ1) is 15.6. The molecule has 0 fully saturated rings. The lowest BCUT2D eigenvalue weighted by atomic mass is 10.00. The molecule has 24 heavy (non-hydrogen) atoms. The predicted molar refractivity (Wildman–Crippen MR) is 95.8 cm³/mol. The van der Waals surface area contributed by atoms with Gasteiger partial charge >= 0.3 is 0 Å². The Morgan fingerprint density at radius 3 is 2.83 bits per heavy atom. The van der Waals surface area contributed by atoms with E-state index in [1.54, 1.807) is 12.1 Å². The molecule has 0 unspecified atom stereocenters. The number of carbonyl (C=O) groups is 1. The summed E-state index contributed by atoms with van der Waals surface area (Å²) in [5, 5.41) is 9.60. The van der Waals surface area contributed by atoms with Crippen molar-refractivity contribution in [2.75, 3.05) is 11.9 Å². The number of phenolic OH excluding ortho intramolecular Hbond substituents is 1. The summed E-state index contributed by atoms with van der Waals surface area (Å²) in [6, 6.07) is 13.1. The Labute approximate surface area is 140 Å². The molecule has 0 aliphatic carbocycles. The number of allylic oxidation sites excluding steroid dienone is 4. The maximum atomic E-state index is 10.4. The number of hydrogen-bond acceptors (Lipinski definition) is 4. The van der Waals surface area contributed by atoms with Crippen molar-refractivity contribution in [2.45, 2.75) is 0 Å². The van der Waals surface area contributed by atoms with Crippen molar-refractivity contribution in [3.63, 3.8) is 0 Å². The van der Waals surface area contributed by atoms with Crippen LogP contribution in [-0.2, 0) is 4.79 Å². The van der Waals surface area contributed by atoms with Crippen molar-refractivity contribution < 1.29 is 14.6 Å². The molecule has 1 aliphatic heterocycles. The molecule has 2 aromatic carbocycles. The zero-order chi connectivity index (χ0) is 16.9. The molecule has 1 N–H and O–H groups in total. The van der Waals surface area contributed by atoms with E-state index in [2.05, 4.69) is 23.1 Å². The minimum Gasteiger partial charge on any atom is -0.504 e. The number of phenols is 1. The molecule has 0 radical (unpaired) electrons. The second-order valence-corrected chi connectivity index (χ2v) is 5.37. The normalized spacial score (nSPS) is 14.9. The van der Waals surface area contributed by atoms with E-state index in [9.17, 15) is 9.90 Å². The molecule has 0 amide bonds. The number of ether oxygens (including phenoxy) is 1. The molecule has 1 heterocycles. The lowest BCUT2D eigenvalue weighted by molar-refractivity contribution is -0.120. The lowest BCUT2D eigenvalue weighted by Crippen LogP contribution is -2.13. The topological polar surface area (TPSA) is 49.8 Å². The summed E-state index contributed by atoms with van der Waals surface area (Å²) >= 11 is 0. The molecule has 3 rings (SSSR count). The van der Waals surface area contributed by atoms with Gasteiger partial charge in [0.1, 0.15) is 0 Å². The molecule has 4 nitrogen and oxygen atoms in total. The van der Waals surface area contributed by atoms with Gasteiger partial charge in [0.15, 0.2) is 11.5 Å². The Morgan fingerprint density at radius 2 is 2.00 bits per heavy atom. The number of carbonyl (C=O) groups excluding carboxylic acids is 1. The van der Waals surface area contributed by atoms with E-state index >= 15 is 0 Å². The fraction of sp³-hybridized carbons (Fsp3) is 0.0500. The third-order valence-electron chi connectivity index (χ3n) is 3.80. The molecule has 0 saturated heterocycles. The molecule has 4 heteroatoms. The van der Waals surface area contributed by atoms with Gasteiger partial charge in [-0.2, -0.15) is 0 Å². The van der Waals surface area contributed by atoms with Gasteiger partial charge in [-0.3, -0.25) is 4.79 Å². The summed E-state index contributed by atoms with van der Waals surface area (Å²) in [6.07, 6.45) is 9.93. The van der Waals surface area contributed by atoms with Gasteiger partial charge in [0.2, 0.25) is 0 Å². The number of anilines is 1. The second-order valence-electron chi connectivity index (χ2n) is 5.37. The number of rotatable bonds is 4. The predicted octanol–water partition coefficient (Wildman–Crippen LogP) is 3.99. The Kier molecular flexibility index (Phi) is 4.47. The third kappa shape index (κ3) is 3.22. The molecule has 0 saturated carbocycles. The van der Waals surface area contributed by atoms with Crippen LogP contribution in [0.2, 0.25) is 0 Å². The number of para-hydroxylation sites is 1. The quantitative estimate of drug-likeness (QED) is 0.866. The fourth-order valence-electron chi connectivity index (χ4n) is 2.58. The first-order chi connectivity index (χ1) is 11.7. The molecule has 0 aromatic heterocycles. The van der Waals surface area contributed by atoms with Gasteiger partial charge in [-0.25, -0.2) is 0 Å². The van der Waals surface area contributed by atoms with E-state index in [4.69, 9.17) is 4.74 Å². The van der Waals surface area contributed by atoms with E-state index in [0.717, 1.165) is 16.8 Å². The van der Waals surface area contributed by atoms with Crippen molar-refractivity contribution >= 4 is 23.8 Å². The minimum atomic E-state index is -0.0650. The van der Waals surface area contributed by atoms with Gasteiger partial charge in [-0.15, -0.1) is 0 Å². The summed E-state index contributed by atoms with van der Waals surface area (Å²) in [5.41, 5.74) is 4.27. The standard InChI is InChI=1S/C20H17NO3/c1-21-12-11-16(17-7-2-3-8-18(17)21)6-4-5-15-9-10-19(23)20(13-15)24-14-22/h2-14,23H,1H3. The number of benzene rings is 2. The average molecular weight is 319 g/mol. The minimum absolute atomic E-state index is 0.0650. The number of nitrogens with zero attached hydrogens (tertiary/aromatic N) is 1. The van der Waals surface area contributed by atoms with Crippen LogP contribution in [0.25, 0.3) is 11.6 Å². The summed E-state index contributed by atoms with van der Waals surface area (Å²) < 4.78 is 4.74. The van der Waals surface area contributed by atoms with Crippen LogP contribution in [-0.4, -0.2) is 18.6 Å². The third-order valence-corrected chi connectivity index (χ3v) is 3.80. The Morgan fingerprint density at radius 1 is 1.17 bits per heavy atom. The van der Waals surface area contributed by atoms with E-state index in [0.29, 0.717) is 6.47 Å². The zero-order valence-corrected chi connectivity index (χ0v) is 13.2. The Balaban J connectivity index is 1.86. The molecule has 0 spiro atoms. The van der Waals surface area contributed by atoms with Crippen LogP contribution in [0.5, 0.6) is 11.5 Å². The van der Waals surface area contributed by atoms with Crippen LogP contribution in [0, 0.1) is 0 Å². The van der Waals surface area contributed by atoms with Gasteiger partial charge in [-0.05, 0) is 35.4 Å². The number of fused-ring (bicyclic) bond motifs is 1. The van der Waals surface area contributed by atoms with Crippen molar-refractivity contribution in [3.8, 4) is 11.5 Å². The summed E-state index contributed by atoms with van der Waals surface area (Å²) in [4.78, 5) is 12.5. The van der Waals surface area contributed by atoms with Gasteiger partial charge < -0.3 is 14.7 Å². The average Bonchev–Trinajstić information content (AvgIpc) is 2.60. The fourth-order valence-corrected chi connectivity index (χ4v) is 2.58. The first-order valence-electron chi connectivity index (χ1n) is 7.51. The molecule has 2 aromatic rings.